The van der Waals surface area contributed by atoms with E-state index in [0.717, 1.165) is 74.3 Å². The molecule has 5 nitrogen and oxygen atoms in total. The van der Waals surface area contributed by atoms with E-state index in [1.165, 1.54) is 10.9 Å². The Hall–Kier alpha value is -2.50. The average Bonchev–Trinajstić information content (AvgIpc) is 3.41. The lowest BCUT2D eigenvalue weighted by Crippen LogP contribution is -2.40. The topological polar surface area (TPSA) is 68.4 Å². The third kappa shape index (κ3) is 4.62. The first kappa shape index (κ1) is 22.3. The van der Waals surface area contributed by atoms with Gasteiger partial charge in [0, 0.05) is 46.8 Å². The number of amides is 1. The van der Waals surface area contributed by atoms with Crippen molar-refractivity contribution in [2.24, 2.45) is 5.41 Å². The fourth-order valence-corrected chi connectivity index (χ4v) is 5.82. The molecule has 5 rings (SSSR count). The van der Waals surface area contributed by atoms with Gasteiger partial charge in [0.05, 0.1) is 0 Å². The van der Waals surface area contributed by atoms with Crippen molar-refractivity contribution in [3.63, 3.8) is 0 Å². The number of nitrogens with zero attached hydrogens (tertiary/aromatic N) is 1. The molecule has 0 unspecified atom stereocenters. The Balaban J connectivity index is 1.11. The first-order valence-corrected chi connectivity index (χ1v) is 12.4. The van der Waals surface area contributed by atoms with Crippen molar-refractivity contribution in [1.29, 1.82) is 0 Å². The molecular weight excluding hydrogens is 434 g/mol. The molecule has 2 aromatic carbocycles. The fourth-order valence-electron chi connectivity index (χ4n) is 5.64. The van der Waals surface area contributed by atoms with Gasteiger partial charge in [-0.3, -0.25) is 4.79 Å². The van der Waals surface area contributed by atoms with Crippen LogP contribution in [0.3, 0.4) is 0 Å². The summed E-state index contributed by atoms with van der Waals surface area (Å²) in [5.74, 6) is 0.235. The number of carbonyl (C=O) groups excluding carboxylic acids is 1. The van der Waals surface area contributed by atoms with Gasteiger partial charge in [0.25, 0.3) is 5.91 Å². The minimum absolute atomic E-state index is 0.0428. The number of hydrogen-bond acceptors (Lipinski definition) is 3. The van der Waals surface area contributed by atoms with Crippen LogP contribution < -0.4 is 5.32 Å². The number of aromatic amines is 1. The van der Waals surface area contributed by atoms with Crippen molar-refractivity contribution < 1.29 is 9.90 Å². The lowest BCUT2D eigenvalue weighted by molar-refractivity contribution is 0.0753. The largest absolute Gasteiger partial charge is 0.508 e. The van der Waals surface area contributed by atoms with E-state index in [0.29, 0.717) is 11.6 Å². The normalized spacial score (nSPS) is 23.0. The number of benzene rings is 2. The van der Waals surface area contributed by atoms with Gasteiger partial charge in [-0.2, -0.15) is 0 Å². The van der Waals surface area contributed by atoms with Crippen molar-refractivity contribution in [3.05, 3.63) is 64.3 Å². The smallest absolute Gasteiger partial charge is 0.254 e. The molecule has 1 saturated heterocycles. The van der Waals surface area contributed by atoms with Crippen molar-refractivity contribution in [1.82, 2.24) is 15.2 Å². The number of phenols is 1. The van der Waals surface area contributed by atoms with E-state index >= 15 is 0 Å². The second-order valence-electron chi connectivity index (χ2n) is 9.96. The number of rotatable bonds is 5. The summed E-state index contributed by atoms with van der Waals surface area (Å²) < 4.78 is 0. The zero-order valence-corrected chi connectivity index (χ0v) is 19.9. The number of phenolic OH excluding ortho intramolecular Hbond substituents is 1. The van der Waals surface area contributed by atoms with E-state index < -0.39 is 0 Å². The molecule has 1 saturated carbocycles. The molecule has 6 heteroatoms. The summed E-state index contributed by atoms with van der Waals surface area (Å²) >= 11 is 6.18. The molecule has 1 spiro atoms. The van der Waals surface area contributed by atoms with Crippen LogP contribution >= 0.6 is 11.6 Å². The van der Waals surface area contributed by atoms with Gasteiger partial charge in [-0.1, -0.05) is 17.7 Å². The molecule has 0 atom stereocenters. The van der Waals surface area contributed by atoms with Crippen LogP contribution in [0.1, 0.15) is 53.6 Å². The van der Waals surface area contributed by atoms with Crippen LogP contribution in [0.2, 0.25) is 5.02 Å². The van der Waals surface area contributed by atoms with Crippen LogP contribution in [0.25, 0.3) is 10.9 Å². The van der Waals surface area contributed by atoms with Crippen LogP contribution in [0, 0.1) is 12.3 Å². The summed E-state index contributed by atoms with van der Waals surface area (Å²) in [5.41, 5.74) is 4.08. The van der Waals surface area contributed by atoms with Gasteiger partial charge in [-0.05, 0) is 98.9 Å². The van der Waals surface area contributed by atoms with E-state index in [9.17, 15) is 9.90 Å². The van der Waals surface area contributed by atoms with Gasteiger partial charge in [0.15, 0.2) is 0 Å². The minimum atomic E-state index is 0.0428. The van der Waals surface area contributed by atoms with Gasteiger partial charge < -0.3 is 20.3 Å². The maximum absolute atomic E-state index is 13.0. The number of fused-ring (bicyclic) bond motifs is 1. The highest BCUT2D eigenvalue weighted by Crippen LogP contribution is 2.44. The summed E-state index contributed by atoms with van der Waals surface area (Å²) in [7, 11) is 0. The Bertz CT molecular complexity index is 1160. The van der Waals surface area contributed by atoms with E-state index in [1.807, 2.05) is 42.2 Å². The zero-order valence-electron chi connectivity index (χ0n) is 19.2. The van der Waals surface area contributed by atoms with Crippen LogP contribution in [0.5, 0.6) is 5.75 Å². The van der Waals surface area contributed by atoms with Crippen LogP contribution in [-0.4, -0.2) is 46.6 Å². The molecule has 33 heavy (non-hydrogen) atoms. The van der Waals surface area contributed by atoms with Gasteiger partial charge >= 0.3 is 0 Å². The standard InChI is InChI=1S/C27H32ClN3O2/c1-18-2-3-19(14-25(18)32)26(33)31-13-11-27(17-31)9-6-22(7-10-27)29-12-8-20-16-30-24-5-4-21(28)15-23(20)24/h2-5,14-16,22,29-30,32H,6-13,17H2,1H3. The highest BCUT2D eigenvalue weighted by molar-refractivity contribution is 6.31. The second kappa shape index (κ2) is 9.03. The molecule has 2 fully saturated rings. The monoisotopic (exact) mass is 465 g/mol. The Morgan fingerprint density at radius 1 is 1.21 bits per heavy atom. The first-order valence-electron chi connectivity index (χ1n) is 12.0. The predicted molar refractivity (Wildman–Crippen MR) is 133 cm³/mol. The lowest BCUT2D eigenvalue weighted by atomic mass is 9.72. The third-order valence-electron chi connectivity index (χ3n) is 7.78. The fraction of sp³-hybridized carbons (Fsp3) is 0.444. The lowest BCUT2D eigenvalue weighted by Gasteiger charge is -2.37. The Morgan fingerprint density at radius 3 is 2.82 bits per heavy atom. The Morgan fingerprint density at radius 2 is 2.03 bits per heavy atom. The van der Waals surface area contributed by atoms with Gasteiger partial charge in [-0.15, -0.1) is 0 Å². The summed E-state index contributed by atoms with van der Waals surface area (Å²) in [6.45, 7) is 4.45. The first-order chi connectivity index (χ1) is 15.9. The van der Waals surface area contributed by atoms with Gasteiger partial charge in [0.1, 0.15) is 5.75 Å². The second-order valence-corrected chi connectivity index (χ2v) is 10.4. The Labute approximate surface area is 200 Å². The number of aromatic hydroxyl groups is 1. The Kier molecular flexibility index (Phi) is 6.11. The number of H-pyrrole nitrogens is 1. The number of hydrogen-bond donors (Lipinski definition) is 3. The average molecular weight is 466 g/mol. The maximum atomic E-state index is 13.0. The van der Waals surface area contributed by atoms with Gasteiger partial charge in [-0.25, -0.2) is 0 Å². The predicted octanol–water partition coefficient (Wildman–Crippen LogP) is 5.44. The van der Waals surface area contributed by atoms with Crippen molar-refractivity contribution in [2.45, 2.75) is 51.5 Å². The molecule has 0 radical (unpaired) electrons. The molecule has 3 N–H and O–H groups in total. The SMILES string of the molecule is Cc1ccc(C(=O)N2CCC3(CCC(NCCc4c[nH]c5ccc(Cl)cc45)CC3)C2)cc1O. The number of carbonyl (C=O) groups is 1. The zero-order chi connectivity index (χ0) is 23.0. The van der Waals surface area contributed by atoms with Crippen LogP contribution in [-0.2, 0) is 6.42 Å². The quantitative estimate of drug-likeness (QED) is 0.469. The molecule has 1 aromatic heterocycles. The van der Waals surface area contributed by atoms with Crippen molar-refractivity contribution >= 4 is 28.4 Å². The maximum Gasteiger partial charge on any atom is 0.254 e. The summed E-state index contributed by atoms with van der Waals surface area (Å²) in [6, 6.07) is 11.8. The van der Waals surface area contributed by atoms with E-state index in [1.54, 1.807) is 6.07 Å². The molecular formula is C27H32ClN3O2. The summed E-state index contributed by atoms with van der Waals surface area (Å²) in [5, 5.41) is 15.7. The molecule has 1 aliphatic heterocycles. The van der Waals surface area contributed by atoms with Gasteiger partial charge in [0.2, 0.25) is 0 Å². The molecule has 1 amide bonds. The summed E-state index contributed by atoms with van der Waals surface area (Å²) in [6.07, 6.45) is 8.80. The highest BCUT2D eigenvalue weighted by atomic mass is 35.5. The van der Waals surface area contributed by atoms with E-state index in [-0.39, 0.29) is 17.1 Å². The molecule has 0 bridgehead atoms. The number of aryl methyl sites for hydroxylation is 1. The third-order valence-corrected chi connectivity index (χ3v) is 8.02. The molecule has 2 heterocycles. The molecule has 3 aromatic rings. The number of halogens is 1. The van der Waals surface area contributed by atoms with Crippen molar-refractivity contribution in [3.8, 4) is 5.75 Å². The van der Waals surface area contributed by atoms with Crippen molar-refractivity contribution in [2.75, 3.05) is 19.6 Å². The van der Waals surface area contributed by atoms with E-state index in [2.05, 4.69) is 16.5 Å². The number of likely N-dealkylation sites (tertiary alicyclic amines) is 1. The molecule has 174 valence electrons. The molecule has 1 aliphatic carbocycles. The number of aromatic nitrogens is 1. The minimum Gasteiger partial charge on any atom is -0.508 e. The van der Waals surface area contributed by atoms with Crippen LogP contribution in [0.4, 0.5) is 0 Å². The van der Waals surface area contributed by atoms with Crippen LogP contribution in [0.15, 0.2) is 42.6 Å². The summed E-state index contributed by atoms with van der Waals surface area (Å²) in [4.78, 5) is 18.3. The van der Waals surface area contributed by atoms with E-state index in [4.69, 9.17) is 11.6 Å². The highest BCUT2D eigenvalue weighted by Gasteiger charge is 2.42. The number of nitrogens with one attached hydrogen (secondary N) is 2. The molecule has 2 aliphatic rings.